The first kappa shape index (κ1) is 17.0. The van der Waals surface area contributed by atoms with Crippen molar-refractivity contribution in [1.29, 1.82) is 0 Å². The Labute approximate surface area is 152 Å². The third-order valence-corrected chi connectivity index (χ3v) is 5.59. The fourth-order valence-electron chi connectivity index (χ4n) is 4.14. The third kappa shape index (κ3) is 3.06. The molecule has 3 heterocycles. The van der Waals surface area contributed by atoms with Gasteiger partial charge in [0.2, 0.25) is 0 Å². The Bertz CT molecular complexity index is 847. The van der Waals surface area contributed by atoms with Crippen LogP contribution < -0.4 is 5.63 Å². The standard InChI is InChI=1S/C21H24O5/c1-2-5-21(6-3-9-25-21)18-17(22)11-16(26-19(18)23)13-20(7-8-20)12-15-4-10-24-14-15/h3-4,9-11,14,22H,2,5-8,12-13H2,1H3. The largest absolute Gasteiger partial charge is 0.507 e. The van der Waals surface area contributed by atoms with Gasteiger partial charge in [-0.05, 0) is 48.8 Å². The number of hydrogen-bond donors (Lipinski definition) is 1. The average molecular weight is 356 g/mol. The molecule has 0 saturated heterocycles. The number of furan rings is 1. The molecule has 138 valence electrons. The molecule has 1 unspecified atom stereocenters. The van der Waals surface area contributed by atoms with Crippen LogP contribution in [0.2, 0.25) is 0 Å². The van der Waals surface area contributed by atoms with Gasteiger partial charge < -0.3 is 18.7 Å². The molecule has 26 heavy (non-hydrogen) atoms. The summed E-state index contributed by atoms with van der Waals surface area (Å²) in [5.41, 5.74) is 0.203. The van der Waals surface area contributed by atoms with Crippen molar-refractivity contribution in [3.05, 3.63) is 64.3 Å². The third-order valence-electron chi connectivity index (χ3n) is 5.59. The molecule has 0 amide bonds. The molecule has 4 rings (SSSR count). The first-order valence-corrected chi connectivity index (χ1v) is 9.26. The molecule has 0 spiro atoms. The van der Waals surface area contributed by atoms with Crippen molar-refractivity contribution in [3.8, 4) is 5.75 Å². The van der Waals surface area contributed by atoms with Gasteiger partial charge in [-0.3, -0.25) is 0 Å². The average Bonchev–Trinajstić information content (AvgIpc) is 2.99. The molecular formula is C21H24O5. The van der Waals surface area contributed by atoms with Crippen LogP contribution in [0.3, 0.4) is 0 Å². The van der Waals surface area contributed by atoms with Crippen LogP contribution in [0.1, 0.15) is 55.9 Å². The minimum Gasteiger partial charge on any atom is -0.507 e. The summed E-state index contributed by atoms with van der Waals surface area (Å²) in [6.07, 6.45) is 12.7. The highest BCUT2D eigenvalue weighted by Gasteiger charge is 2.45. The van der Waals surface area contributed by atoms with Gasteiger partial charge in [0.1, 0.15) is 22.7 Å². The monoisotopic (exact) mass is 356 g/mol. The Kier molecular flexibility index (Phi) is 4.17. The van der Waals surface area contributed by atoms with Gasteiger partial charge in [-0.15, -0.1) is 0 Å². The second kappa shape index (κ2) is 6.38. The van der Waals surface area contributed by atoms with E-state index in [0.29, 0.717) is 25.0 Å². The van der Waals surface area contributed by atoms with Gasteiger partial charge in [0, 0.05) is 18.9 Å². The topological polar surface area (TPSA) is 72.8 Å². The second-order valence-corrected chi connectivity index (χ2v) is 7.68. The van der Waals surface area contributed by atoms with E-state index in [1.54, 1.807) is 24.9 Å². The van der Waals surface area contributed by atoms with Crippen LogP contribution >= 0.6 is 0 Å². The fraction of sp³-hybridized carbons (Fsp3) is 0.476. The van der Waals surface area contributed by atoms with Crippen LogP contribution in [0, 0.1) is 5.41 Å². The zero-order valence-electron chi connectivity index (χ0n) is 15.0. The molecule has 1 atom stereocenters. The van der Waals surface area contributed by atoms with Gasteiger partial charge in [0.15, 0.2) is 0 Å². The summed E-state index contributed by atoms with van der Waals surface area (Å²) in [5, 5.41) is 10.6. The van der Waals surface area contributed by atoms with Crippen molar-refractivity contribution in [2.75, 3.05) is 0 Å². The molecule has 1 aliphatic carbocycles. The quantitative estimate of drug-likeness (QED) is 0.794. The molecule has 0 radical (unpaired) electrons. The van der Waals surface area contributed by atoms with Gasteiger partial charge in [-0.1, -0.05) is 13.3 Å². The molecule has 5 heteroatoms. The van der Waals surface area contributed by atoms with Crippen LogP contribution in [-0.4, -0.2) is 5.11 Å². The van der Waals surface area contributed by atoms with Crippen molar-refractivity contribution in [2.45, 2.75) is 57.5 Å². The number of rotatable bonds is 7. The normalized spacial score (nSPS) is 23.1. The SMILES string of the molecule is CCCC1(c2c(O)cc(CC3(Cc4ccoc4)CC3)oc2=O)CC=CO1. The maximum atomic E-state index is 12.7. The van der Waals surface area contributed by atoms with Crippen LogP contribution in [0.15, 0.2) is 50.6 Å². The first-order chi connectivity index (χ1) is 12.6. The Morgan fingerprint density at radius 2 is 2.12 bits per heavy atom. The van der Waals surface area contributed by atoms with Crippen molar-refractivity contribution < 1.29 is 18.7 Å². The van der Waals surface area contributed by atoms with Crippen molar-refractivity contribution in [1.82, 2.24) is 0 Å². The van der Waals surface area contributed by atoms with Gasteiger partial charge in [-0.2, -0.15) is 0 Å². The van der Waals surface area contributed by atoms with E-state index in [2.05, 4.69) is 0 Å². The van der Waals surface area contributed by atoms with E-state index >= 15 is 0 Å². The van der Waals surface area contributed by atoms with Crippen LogP contribution in [0.4, 0.5) is 0 Å². The molecule has 1 N–H and O–H groups in total. The summed E-state index contributed by atoms with van der Waals surface area (Å²) >= 11 is 0. The number of aromatic hydroxyl groups is 1. The predicted octanol–water partition coefficient (Wildman–Crippen LogP) is 4.43. The van der Waals surface area contributed by atoms with E-state index < -0.39 is 11.2 Å². The van der Waals surface area contributed by atoms with Gasteiger partial charge in [0.05, 0.1) is 18.8 Å². The highest BCUT2D eigenvalue weighted by molar-refractivity contribution is 5.37. The highest BCUT2D eigenvalue weighted by Crippen LogP contribution is 2.51. The van der Waals surface area contributed by atoms with E-state index in [1.165, 1.54) is 0 Å². The Balaban J connectivity index is 1.59. The summed E-state index contributed by atoms with van der Waals surface area (Å²) < 4.78 is 16.5. The molecule has 2 aromatic heterocycles. The molecule has 2 aliphatic rings. The molecule has 1 saturated carbocycles. The summed E-state index contributed by atoms with van der Waals surface area (Å²) in [7, 11) is 0. The van der Waals surface area contributed by atoms with E-state index in [9.17, 15) is 9.90 Å². The lowest BCUT2D eigenvalue weighted by Gasteiger charge is -2.28. The minimum atomic E-state index is -0.800. The second-order valence-electron chi connectivity index (χ2n) is 7.68. The lowest BCUT2D eigenvalue weighted by atomic mass is 9.87. The maximum Gasteiger partial charge on any atom is 0.346 e. The molecule has 1 aliphatic heterocycles. The molecule has 1 fully saturated rings. The zero-order chi connectivity index (χ0) is 18.2. The molecule has 2 aromatic rings. The fourth-order valence-corrected chi connectivity index (χ4v) is 4.14. The van der Waals surface area contributed by atoms with E-state index in [4.69, 9.17) is 13.6 Å². The number of hydrogen-bond acceptors (Lipinski definition) is 5. The van der Waals surface area contributed by atoms with Gasteiger partial charge in [0.25, 0.3) is 0 Å². The summed E-state index contributed by atoms with van der Waals surface area (Å²) in [5.74, 6) is 0.516. The Hall–Kier alpha value is -2.43. The van der Waals surface area contributed by atoms with E-state index in [0.717, 1.165) is 31.2 Å². The van der Waals surface area contributed by atoms with Crippen LogP contribution in [0.5, 0.6) is 5.75 Å². The van der Waals surface area contributed by atoms with Gasteiger partial charge >= 0.3 is 5.63 Å². The van der Waals surface area contributed by atoms with Crippen molar-refractivity contribution in [3.63, 3.8) is 0 Å². The minimum absolute atomic E-state index is 0.0208. The molecule has 0 bridgehead atoms. The Morgan fingerprint density at radius 1 is 1.27 bits per heavy atom. The molecule has 0 aromatic carbocycles. The lowest BCUT2D eigenvalue weighted by Crippen LogP contribution is -2.31. The van der Waals surface area contributed by atoms with E-state index in [1.807, 2.05) is 19.1 Å². The highest BCUT2D eigenvalue weighted by atomic mass is 16.5. The Morgan fingerprint density at radius 3 is 2.69 bits per heavy atom. The van der Waals surface area contributed by atoms with E-state index in [-0.39, 0.29) is 16.7 Å². The molecule has 5 nitrogen and oxygen atoms in total. The summed E-state index contributed by atoms with van der Waals surface area (Å²) in [6, 6.07) is 3.57. The van der Waals surface area contributed by atoms with Crippen molar-refractivity contribution in [2.24, 2.45) is 5.41 Å². The smallest absolute Gasteiger partial charge is 0.346 e. The zero-order valence-corrected chi connectivity index (χ0v) is 15.0. The van der Waals surface area contributed by atoms with Crippen LogP contribution in [-0.2, 0) is 23.2 Å². The van der Waals surface area contributed by atoms with Crippen LogP contribution in [0.25, 0.3) is 0 Å². The lowest BCUT2D eigenvalue weighted by molar-refractivity contribution is 0.0257. The van der Waals surface area contributed by atoms with Gasteiger partial charge in [-0.25, -0.2) is 4.79 Å². The molecular weight excluding hydrogens is 332 g/mol. The predicted molar refractivity (Wildman–Crippen MR) is 95.9 cm³/mol. The summed E-state index contributed by atoms with van der Waals surface area (Å²) in [6.45, 7) is 2.03. The van der Waals surface area contributed by atoms with Crippen molar-refractivity contribution >= 4 is 0 Å². The maximum absolute atomic E-state index is 12.7. The first-order valence-electron chi connectivity index (χ1n) is 9.26. The summed E-state index contributed by atoms with van der Waals surface area (Å²) in [4.78, 5) is 12.7. The number of ether oxygens (including phenoxy) is 1.